The second-order valence-corrected chi connectivity index (χ2v) is 11.5. The molecule has 0 bridgehead atoms. The minimum Gasteiger partial charge on any atom is -0.369 e. The topological polar surface area (TPSA) is 139 Å². The molecule has 1 aliphatic rings. The number of benzene rings is 2. The number of aromatic nitrogens is 2. The van der Waals surface area contributed by atoms with E-state index in [1.807, 2.05) is 0 Å². The van der Waals surface area contributed by atoms with Crippen molar-refractivity contribution in [2.45, 2.75) is 9.75 Å². The monoisotopic (exact) mass is 557 g/mol. The molecule has 5 rings (SSSR count). The fraction of sp³-hybridized carbons (Fsp3) is 0.0833. The number of guanidine groups is 1. The Morgan fingerprint density at radius 3 is 2.41 bits per heavy atom. The quantitative estimate of drug-likeness (QED) is 0.354. The summed E-state index contributed by atoms with van der Waals surface area (Å²) in [5.41, 5.74) is 6.10. The van der Waals surface area contributed by atoms with Crippen LogP contribution in [0.1, 0.15) is 11.1 Å². The van der Waals surface area contributed by atoms with E-state index < -0.39 is 27.4 Å². The van der Waals surface area contributed by atoms with E-state index in [0.717, 1.165) is 0 Å². The lowest BCUT2D eigenvalue weighted by Gasteiger charge is -2.27. The van der Waals surface area contributed by atoms with Crippen LogP contribution in [0.15, 0.2) is 76.5 Å². The van der Waals surface area contributed by atoms with Crippen LogP contribution in [0, 0.1) is 5.82 Å². The van der Waals surface area contributed by atoms with Crippen molar-refractivity contribution in [1.29, 1.82) is 0 Å². The molecule has 0 radical (unpaired) electrons. The maximum Gasteiger partial charge on any atom is 0.304 e. The first kappa shape index (κ1) is 25.0. The molecule has 4 aromatic rings. The van der Waals surface area contributed by atoms with E-state index in [1.54, 1.807) is 24.3 Å². The van der Waals surface area contributed by atoms with E-state index in [-0.39, 0.29) is 25.6 Å². The zero-order valence-electron chi connectivity index (χ0n) is 19.0. The molecule has 1 aliphatic heterocycles. The summed E-state index contributed by atoms with van der Waals surface area (Å²) in [7, 11) is -3.10. The maximum absolute atomic E-state index is 14.9. The number of hydrogen-bond donors (Lipinski definition) is 2. The van der Waals surface area contributed by atoms with Crippen molar-refractivity contribution in [1.82, 2.24) is 14.9 Å². The van der Waals surface area contributed by atoms with Crippen LogP contribution in [-0.2, 0) is 20.5 Å². The molecule has 9 nitrogen and oxygen atoms in total. The van der Waals surface area contributed by atoms with Crippen LogP contribution < -0.4 is 5.73 Å². The second-order valence-electron chi connectivity index (χ2n) is 8.17. The SMILES string of the molecule is CN1C(=O)C(c2cccc(-c3cc(Cl)sc3S(=O)(=O)O)c2)(c2ccc(F)c(-c3cncnc3)c2)N=C1N. The summed E-state index contributed by atoms with van der Waals surface area (Å²) in [6, 6.07) is 12.0. The van der Waals surface area contributed by atoms with Crippen molar-refractivity contribution in [2.24, 2.45) is 10.7 Å². The van der Waals surface area contributed by atoms with Gasteiger partial charge >= 0.3 is 10.1 Å². The number of aliphatic imine (C=N–C) groups is 1. The van der Waals surface area contributed by atoms with Gasteiger partial charge in [0.05, 0.1) is 4.34 Å². The average Bonchev–Trinajstić information content (AvgIpc) is 3.39. The molecule has 3 heterocycles. The Hall–Kier alpha value is -3.71. The summed E-state index contributed by atoms with van der Waals surface area (Å²) >= 11 is 6.77. The fourth-order valence-electron chi connectivity index (χ4n) is 4.24. The summed E-state index contributed by atoms with van der Waals surface area (Å²) < 4.78 is 48.3. The van der Waals surface area contributed by atoms with E-state index >= 15 is 0 Å². The molecule has 1 unspecified atom stereocenters. The molecule has 188 valence electrons. The summed E-state index contributed by atoms with van der Waals surface area (Å²) in [6.07, 6.45) is 4.20. The fourth-order valence-corrected chi connectivity index (χ4v) is 6.51. The summed E-state index contributed by atoms with van der Waals surface area (Å²) in [5, 5.41) is 0. The van der Waals surface area contributed by atoms with Crippen LogP contribution in [0.2, 0.25) is 4.34 Å². The normalized spacial score (nSPS) is 17.8. The smallest absolute Gasteiger partial charge is 0.304 e. The third-order valence-electron chi connectivity index (χ3n) is 5.99. The Bertz CT molecular complexity index is 1690. The maximum atomic E-state index is 14.9. The molecular weight excluding hydrogens is 541 g/mol. The predicted molar refractivity (Wildman–Crippen MR) is 137 cm³/mol. The van der Waals surface area contributed by atoms with Crippen LogP contribution in [0.3, 0.4) is 0 Å². The van der Waals surface area contributed by atoms with E-state index in [1.165, 1.54) is 54.9 Å². The number of likely N-dealkylation sites (N-methyl/N-ethyl adjacent to an activating group) is 1. The van der Waals surface area contributed by atoms with E-state index in [0.29, 0.717) is 33.6 Å². The number of carbonyl (C=O) groups excluding carboxylic acids is 1. The van der Waals surface area contributed by atoms with Gasteiger partial charge in [0.1, 0.15) is 12.1 Å². The summed E-state index contributed by atoms with van der Waals surface area (Å²) in [4.78, 5) is 27.3. The van der Waals surface area contributed by atoms with Crippen molar-refractivity contribution < 1.29 is 22.2 Å². The average molecular weight is 558 g/mol. The Kier molecular flexibility index (Phi) is 6.07. The lowest BCUT2D eigenvalue weighted by Crippen LogP contribution is -2.41. The first-order chi connectivity index (χ1) is 17.5. The van der Waals surface area contributed by atoms with Crippen LogP contribution in [0.4, 0.5) is 4.39 Å². The number of carbonyl (C=O) groups is 1. The highest BCUT2D eigenvalue weighted by Crippen LogP contribution is 2.44. The largest absolute Gasteiger partial charge is 0.369 e. The molecule has 0 saturated carbocycles. The van der Waals surface area contributed by atoms with Gasteiger partial charge in [0.2, 0.25) is 0 Å². The first-order valence-corrected chi connectivity index (χ1v) is 13.2. The third-order valence-corrected chi connectivity index (χ3v) is 8.62. The minimum absolute atomic E-state index is 0.0541. The van der Waals surface area contributed by atoms with Gasteiger partial charge in [-0.15, -0.1) is 11.3 Å². The second kappa shape index (κ2) is 8.99. The number of nitrogens with zero attached hydrogens (tertiary/aromatic N) is 4. The van der Waals surface area contributed by atoms with E-state index in [2.05, 4.69) is 15.0 Å². The van der Waals surface area contributed by atoms with Gasteiger partial charge in [0, 0.05) is 36.1 Å². The predicted octanol–water partition coefficient (Wildman–Crippen LogP) is 3.94. The van der Waals surface area contributed by atoms with Crippen molar-refractivity contribution in [2.75, 3.05) is 7.05 Å². The van der Waals surface area contributed by atoms with Gasteiger partial charge in [-0.2, -0.15) is 8.42 Å². The zero-order chi connectivity index (χ0) is 26.5. The zero-order valence-corrected chi connectivity index (χ0v) is 21.4. The first-order valence-electron chi connectivity index (χ1n) is 10.6. The van der Waals surface area contributed by atoms with Gasteiger partial charge in [-0.25, -0.2) is 19.4 Å². The highest BCUT2D eigenvalue weighted by molar-refractivity contribution is 7.88. The van der Waals surface area contributed by atoms with Gasteiger partial charge in [-0.1, -0.05) is 35.9 Å². The molecule has 1 amide bonds. The van der Waals surface area contributed by atoms with Gasteiger partial charge in [-0.3, -0.25) is 14.2 Å². The molecule has 3 N–H and O–H groups in total. The molecule has 0 fully saturated rings. The molecule has 37 heavy (non-hydrogen) atoms. The molecule has 0 aliphatic carbocycles. The van der Waals surface area contributed by atoms with Gasteiger partial charge in [0.15, 0.2) is 15.7 Å². The number of thiophene rings is 1. The van der Waals surface area contributed by atoms with Crippen molar-refractivity contribution in [3.63, 3.8) is 0 Å². The lowest BCUT2D eigenvalue weighted by atomic mass is 9.81. The Morgan fingerprint density at radius 2 is 1.76 bits per heavy atom. The molecular formula is C24H17ClFN5O4S2. The molecule has 1 atom stereocenters. The minimum atomic E-state index is -4.57. The number of hydrogen-bond acceptors (Lipinski definition) is 8. The number of halogens is 2. The third kappa shape index (κ3) is 4.17. The van der Waals surface area contributed by atoms with Crippen molar-refractivity contribution >= 4 is 44.9 Å². The molecule has 0 saturated heterocycles. The molecule has 0 spiro atoms. The molecule has 13 heteroatoms. The summed E-state index contributed by atoms with van der Waals surface area (Å²) in [5.74, 6) is -1.10. The Balaban J connectivity index is 1.75. The Labute approximate surface area is 219 Å². The van der Waals surface area contributed by atoms with Crippen LogP contribution in [0.25, 0.3) is 22.3 Å². The van der Waals surface area contributed by atoms with Crippen molar-refractivity contribution in [3.8, 4) is 22.3 Å². The highest BCUT2D eigenvalue weighted by atomic mass is 35.5. The van der Waals surface area contributed by atoms with Crippen LogP contribution >= 0.6 is 22.9 Å². The van der Waals surface area contributed by atoms with Gasteiger partial charge in [0.25, 0.3) is 5.91 Å². The van der Waals surface area contributed by atoms with Gasteiger partial charge in [-0.05, 0) is 41.0 Å². The number of nitrogens with two attached hydrogens (primary N) is 1. The van der Waals surface area contributed by atoms with E-state index in [4.69, 9.17) is 17.3 Å². The van der Waals surface area contributed by atoms with Crippen LogP contribution in [0.5, 0.6) is 0 Å². The van der Waals surface area contributed by atoms with E-state index in [9.17, 15) is 22.2 Å². The Morgan fingerprint density at radius 1 is 1.05 bits per heavy atom. The van der Waals surface area contributed by atoms with Crippen molar-refractivity contribution in [3.05, 3.63) is 88.5 Å². The highest BCUT2D eigenvalue weighted by Gasteiger charge is 2.50. The number of rotatable bonds is 5. The summed E-state index contributed by atoms with van der Waals surface area (Å²) in [6.45, 7) is 0. The number of amides is 1. The molecule has 2 aromatic carbocycles. The standard InChI is InChI=1S/C24H17ClFN5O4S2/c1-31-22(32)24(30-23(31)27,16-5-6-19(26)17(8-16)14-10-28-12-29-11-14)15-4-2-3-13(7-15)18-9-20(25)36-21(18)37(33,34)35/h2-12H,1H3,(H2,27,30)(H,33,34,35). The molecule has 2 aromatic heterocycles. The van der Waals surface area contributed by atoms with Gasteiger partial charge < -0.3 is 5.73 Å². The lowest BCUT2D eigenvalue weighted by molar-refractivity contribution is -0.129. The van der Waals surface area contributed by atoms with Crippen LogP contribution in [-0.4, -0.2) is 46.8 Å².